The van der Waals surface area contributed by atoms with Gasteiger partial charge in [0, 0.05) is 6.54 Å². The standard InChI is InChI=1S/C11H15NOS/c1-2-8-13-11(14)12-9-10-6-4-3-5-7-10/h3-7H,2,8-9H2,1H3,(H,12,14). The number of hydrogen-bond donors (Lipinski definition) is 1. The second-order valence-electron chi connectivity index (χ2n) is 2.98. The fourth-order valence-electron chi connectivity index (χ4n) is 1.02. The van der Waals surface area contributed by atoms with Gasteiger partial charge in [-0.25, -0.2) is 0 Å². The van der Waals surface area contributed by atoms with Crippen LogP contribution in [0.25, 0.3) is 0 Å². The smallest absolute Gasteiger partial charge is 0.256 e. The quantitative estimate of drug-likeness (QED) is 0.770. The monoisotopic (exact) mass is 209 g/mol. The van der Waals surface area contributed by atoms with E-state index in [1.165, 1.54) is 5.56 Å². The first-order chi connectivity index (χ1) is 6.83. The molecule has 0 aliphatic rings. The van der Waals surface area contributed by atoms with Gasteiger partial charge in [-0.3, -0.25) is 0 Å². The summed E-state index contributed by atoms with van der Waals surface area (Å²) in [5.41, 5.74) is 1.20. The van der Waals surface area contributed by atoms with Gasteiger partial charge in [0.15, 0.2) is 0 Å². The molecule has 76 valence electrons. The molecule has 1 N–H and O–H groups in total. The van der Waals surface area contributed by atoms with Crippen LogP contribution in [0.15, 0.2) is 30.3 Å². The third kappa shape index (κ3) is 4.23. The van der Waals surface area contributed by atoms with Crippen molar-refractivity contribution in [1.29, 1.82) is 0 Å². The lowest BCUT2D eigenvalue weighted by molar-refractivity contribution is 0.298. The minimum Gasteiger partial charge on any atom is -0.471 e. The second kappa shape index (κ2) is 6.38. The molecule has 0 aromatic heterocycles. The number of nitrogens with one attached hydrogen (secondary N) is 1. The Kier molecular flexibility index (Phi) is 5.00. The minimum atomic E-state index is 0.482. The van der Waals surface area contributed by atoms with E-state index in [1.807, 2.05) is 18.2 Å². The first-order valence-electron chi connectivity index (χ1n) is 4.77. The third-order valence-electron chi connectivity index (χ3n) is 1.72. The zero-order valence-electron chi connectivity index (χ0n) is 8.32. The van der Waals surface area contributed by atoms with E-state index in [9.17, 15) is 0 Å². The highest BCUT2D eigenvalue weighted by atomic mass is 32.1. The Morgan fingerprint density at radius 2 is 2.07 bits per heavy atom. The first-order valence-corrected chi connectivity index (χ1v) is 5.18. The Bertz CT molecular complexity index is 274. The molecule has 0 radical (unpaired) electrons. The van der Waals surface area contributed by atoms with Gasteiger partial charge in [-0.15, -0.1) is 0 Å². The van der Waals surface area contributed by atoms with Crippen LogP contribution in [0.5, 0.6) is 0 Å². The van der Waals surface area contributed by atoms with Crippen molar-refractivity contribution < 1.29 is 4.74 Å². The normalized spacial score (nSPS) is 9.50. The molecule has 0 aliphatic carbocycles. The molecule has 0 aliphatic heterocycles. The summed E-state index contributed by atoms with van der Waals surface area (Å²) in [6.45, 7) is 3.46. The number of ether oxygens (including phenoxy) is 1. The largest absolute Gasteiger partial charge is 0.471 e. The van der Waals surface area contributed by atoms with E-state index in [4.69, 9.17) is 17.0 Å². The molecule has 14 heavy (non-hydrogen) atoms. The fourth-order valence-corrected chi connectivity index (χ4v) is 1.17. The van der Waals surface area contributed by atoms with E-state index < -0.39 is 0 Å². The van der Waals surface area contributed by atoms with Gasteiger partial charge in [-0.2, -0.15) is 0 Å². The lowest BCUT2D eigenvalue weighted by atomic mass is 10.2. The number of benzene rings is 1. The lowest BCUT2D eigenvalue weighted by Crippen LogP contribution is -2.23. The van der Waals surface area contributed by atoms with Crippen LogP contribution >= 0.6 is 12.2 Å². The van der Waals surface area contributed by atoms with Crippen LogP contribution in [0.2, 0.25) is 0 Å². The molecule has 0 unspecified atom stereocenters. The van der Waals surface area contributed by atoms with Gasteiger partial charge < -0.3 is 10.1 Å². The fraction of sp³-hybridized carbons (Fsp3) is 0.364. The molecule has 0 heterocycles. The zero-order chi connectivity index (χ0) is 10.2. The highest BCUT2D eigenvalue weighted by molar-refractivity contribution is 7.80. The molecule has 0 amide bonds. The van der Waals surface area contributed by atoms with Crippen LogP contribution in [-0.2, 0) is 11.3 Å². The maximum Gasteiger partial charge on any atom is 0.256 e. The molecule has 0 saturated heterocycles. The molecule has 3 heteroatoms. The Balaban J connectivity index is 2.24. The van der Waals surface area contributed by atoms with E-state index in [0.29, 0.717) is 11.8 Å². The van der Waals surface area contributed by atoms with Crippen molar-refractivity contribution in [1.82, 2.24) is 5.32 Å². The maximum absolute atomic E-state index is 5.23. The van der Waals surface area contributed by atoms with Crippen molar-refractivity contribution in [2.75, 3.05) is 6.61 Å². The van der Waals surface area contributed by atoms with Gasteiger partial charge in [0.2, 0.25) is 0 Å². The summed E-state index contributed by atoms with van der Waals surface area (Å²) < 4.78 is 5.23. The molecule has 2 nitrogen and oxygen atoms in total. The van der Waals surface area contributed by atoms with E-state index in [-0.39, 0.29) is 0 Å². The summed E-state index contributed by atoms with van der Waals surface area (Å²) in [5.74, 6) is 0. The molecular formula is C11H15NOS. The summed E-state index contributed by atoms with van der Waals surface area (Å²) in [4.78, 5) is 0. The molecule has 0 atom stereocenters. The van der Waals surface area contributed by atoms with Gasteiger partial charge in [0.05, 0.1) is 6.61 Å². The second-order valence-corrected chi connectivity index (χ2v) is 3.35. The van der Waals surface area contributed by atoms with Crippen LogP contribution in [0.1, 0.15) is 18.9 Å². The highest BCUT2D eigenvalue weighted by Gasteiger charge is 1.95. The van der Waals surface area contributed by atoms with Crippen LogP contribution in [0.4, 0.5) is 0 Å². The Hall–Kier alpha value is -1.09. The number of thiocarbonyl (C=S) groups is 1. The van der Waals surface area contributed by atoms with Crippen LogP contribution in [0, 0.1) is 0 Å². The summed E-state index contributed by atoms with van der Waals surface area (Å²) in [7, 11) is 0. The maximum atomic E-state index is 5.23. The first kappa shape index (κ1) is 11.0. The van der Waals surface area contributed by atoms with Gasteiger partial charge in [0.25, 0.3) is 5.17 Å². The Morgan fingerprint density at radius 1 is 1.36 bits per heavy atom. The van der Waals surface area contributed by atoms with E-state index >= 15 is 0 Å². The summed E-state index contributed by atoms with van der Waals surface area (Å²) in [6, 6.07) is 10.1. The van der Waals surface area contributed by atoms with E-state index in [1.54, 1.807) is 0 Å². The Labute approximate surface area is 90.3 Å². The molecule has 1 aromatic carbocycles. The van der Waals surface area contributed by atoms with Crippen molar-refractivity contribution in [3.8, 4) is 0 Å². The molecule has 0 bridgehead atoms. The van der Waals surface area contributed by atoms with Gasteiger partial charge >= 0.3 is 0 Å². The minimum absolute atomic E-state index is 0.482. The third-order valence-corrected chi connectivity index (χ3v) is 1.98. The SMILES string of the molecule is CCCOC(=S)NCc1ccccc1. The zero-order valence-corrected chi connectivity index (χ0v) is 9.14. The summed E-state index contributed by atoms with van der Waals surface area (Å²) in [6.07, 6.45) is 0.979. The molecule has 0 fully saturated rings. The van der Waals surface area contributed by atoms with Crippen molar-refractivity contribution >= 4 is 17.4 Å². The van der Waals surface area contributed by atoms with Crippen molar-refractivity contribution in [3.05, 3.63) is 35.9 Å². The average Bonchev–Trinajstić information content (AvgIpc) is 2.25. The lowest BCUT2D eigenvalue weighted by Gasteiger charge is -2.08. The Morgan fingerprint density at radius 3 is 2.71 bits per heavy atom. The summed E-state index contributed by atoms with van der Waals surface area (Å²) >= 11 is 4.99. The van der Waals surface area contributed by atoms with Crippen LogP contribution in [-0.4, -0.2) is 11.8 Å². The predicted molar refractivity (Wildman–Crippen MR) is 62.1 cm³/mol. The predicted octanol–water partition coefficient (Wildman–Crippen LogP) is 2.49. The topological polar surface area (TPSA) is 21.3 Å². The van der Waals surface area contributed by atoms with Crippen molar-refractivity contribution in [2.24, 2.45) is 0 Å². The molecule has 0 saturated carbocycles. The summed E-state index contributed by atoms with van der Waals surface area (Å²) in [5, 5.41) is 3.53. The van der Waals surface area contributed by atoms with E-state index in [2.05, 4.69) is 24.4 Å². The van der Waals surface area contributed by atoms with Crippen molar-refractivity contribution in [2.45, 2.75) is 19.9 Å². The molecule has 1 aromatic rings. The van der Waals surface area contributed by atoms with Gasteiger partial charge in [-0.05, 0) is 24.2 Å². The van der Waals surface area contributed by atoms with Crippen LogP contribution in [0.3, 0.4) is 0 Å². The molecular weight excluding hydrogens is 194 g/mol. The number of hydrogen-bond acceptors (Lipinski definition) is 2. The molecule has 1 rings (SSSR count). The average molecular weight is 209 g/mol. The highest BCUT2D eigenvalue weighted by Crippen LogP contribution is 1.97. The van der Waals surface area contributed by atoms with Gasteiger partial charge in [0.1, 0.15) is 0 Å². The number of rotatable bonds is 4. The van der Waals surface area contributed by atoms with E-state index in [0.717, 1.165) is 13.0 Å². The van der Waals surface area contributed by atoms with Crippen LogP contribution < -0.4 is 5.32 Å². The van der Waals surface area contributed by atoms with Crippen molar-refractivity contribution in [3.63, 3.8) is 0 Å². The van der Waals surface area contributed by atoms with Gasteiger partial charge in [-0.1, -0.05) is 37.3 Å². The molecule has 0 spiro atoms.